The average Bonchev–Trinajstić information content (AvgIpc) is 2.64. The first-order valence-electron chi connectivity index (χ1n) is 4.34. The monoisotopic (exact) mass is 300 g/mol. The van der Waals surface area contributed by atoms with E-state index < -0.39 is 11.8 Å². The molecule has 1 N–H and O–H groups in total. The van der Waals surface area contributed by atoms with Crippen molar-refractivity contribution in [2.45, 2.75) is 0 Å². The van der Waals surface area contributed by atoms with Crippen molar-refractivity contribution in [2.75, 3.05) is 0 Å². The van der Waals surface area contributed by atoms with Crippen LogP contribution < -0.4 is 0 Å². The van der Waals surface area contributed by atoms with Crippen molar-refractivity contribution in [3.05, 3.63) is 44.8 Å². The number of benzene rings is 1. The molecule has 0 unspecified atom stereocenters. The van der Waals surface area contributed by atoms with Crippen LogP contribution in [0.25, 0.3) is 11.1 Å². The summed E-state index contributed by atoms with van der Waals surface area (Å²) < 4.78 is 14.5. The molecular weight excluding hydrogens is 295 g/mol. The van der Waals surface area contributed by atoms with Gasteiger partial charge in [-0.25, -0.2) is 9.18 Å². The summed E-state index contributed by atoms with van der Waals surface area (Å²) in [5.74, 6) is -1.66. The molecule has 0 bridgehead atoms. The van der Waals surface area contributed by atoms with Crippen molar-refractivity contribution in [3.63, 3.8) is 0 Å². The van der Waals surface area contributed by atoms with E-state index in [9.17, 15) is 9.18 Å². The first kappa shape index (κ1) is 11.3. The van der Waals surface area contributed by atoms with Crippen LogP contribution in [0.1, 0.15) is 10.4 Å². The molecule has 1 heterocycles. The van der Waals surface area contributed by atoms with Gasteiger partial charge in [-0.2, -0.15) is 11.3 Å². The van der Waals surface area contributed by atoms with Crippen LogP contribution in [0.4, 0.5) is 4.39 Å². The number of aromatic carboxylic acids is 1. The van der Waals surface area contributed by atoms with Crippen molar-refractivity contribution in [3.8, 4) is 11.1 Å². The molecule has 0 spiro atoms. The zero-order chi connectivity index (χ0) is 11.7. The maximum atomic E-state index is 13.7. The predicted molar refractivity (Wildman–Crippen MR) is 64.4 cm³/mol. The number of carboxylic acids is 1. The lowest BCUT2D eigenvalue weighted by molar-refractivity contribution is 0.0696. The highest BCUT2D eigenvalue weighted by atomic mass is 79.9. The van der Waals surface area contributed by atoms with Crippen molar-refractivity contribution in [1.29, 1.82) is 0 Å². The summed E-state index contributed by atoms with van der Waals surface area (Å²) in [5.41, 5.74) is 1.09. The molecule has 1 aromatic heterocycles. The third-order valence-corrected chi connectivity index (χ3v) is 3.82. The summed E-state index contributed by atoms with van der Waals surface area (Å²) in [6.45, 7) is 0. The Morgan fingerprint density at radius 1 is 1.31 bits per heavy atom. The van der Waals surface area contributed by atoms with Gasteiger partial charge >= 0.3 is 5.97 Å². The normalized spacial score (nSPS) is 10.4. The molecule has 0 aliphatic heterocycles. The SMILES string of the molecule is O=C(O)c1ccc(-c2cscc2Br)c(F)c1. The third kappa shape index (κ3) is 2.01. The van der Waals surface area contributed by atoms with Gasteiger partial charge in [0, 0.05) is 21.0 Å². The summed E-state index contributed by atoms with van der Waals surface area (Å²) in [6.07, 6.45) is 0. The lowest BCUT2D eigenvalue weighted by Gasteiger charge is -2.03. The number of hydrogen-bond acceptors (Lipinski definition) is 2. The minimum absolute atomic E-state index is 0.0485. The van der Waals surface area contributed by atoms with Gasteiger partial charge in [-0.15, -0.1) is 0 Å². The van der Waals surface area contributed by atoms with E-state index >= 15 is 0 Å². The molecule has 0 amide bonds. The zero-order valence-corrected chi connectivity index (χ0v) is 10.3. The molecule has 2 nitrogen and oxygen atoms in total. The molecule has 0 aliphatic carbocycles. The van der Waals surface area contributed by atoms with Crippen LogP contribution in [-0.4, -0.2) is 11.1 Å². The number of carbonyl (C=O) groups is 1. The summed E-state index contributed by atoms with van der Waals surface area (Å²) >= 11 is 4.76. The Kier molecular flexibility index (Phi) is 3.07. The second-order valence-electron chi connectivity index (χ2n) is 3.13. The van der Waals surface area contributed by atoms with Gasteiger partial charge in [0.05, 0.1) is 5.56 Å². The zero-order valence-electron chi connectivity index (χ0n) is 7.91. The minimum atomic E-state index is -1.13. The Bertz CT molecular complexity index is 551. The van der Waals surface area contributed by atoms with Crippen LogP contribution in [-0.2, 0) is 0 Å². The van der Waals surface area contributed by atoms with Gasteiger partial charge in [0.2, 0.25) is 0 Å². The van der Waals surface area contributed by atoms with Crippen LogP contribution in [0.2, 0.25) is 0 Å². The van der Waals surface area contributed by atoms with Crippen LogP contribution in [0.5, 0.6) is 0 Å². The van der Waals surface area contributed by atoms with Gasteiger partial charge in [0.25, 0.3) is 0 Å². The van der Waals surface area contributed by atoms with Gasteiger partial charge < -0.3 is 5.11 Å². The van der Waals surface area contributed by atoms with Crippen LogP contribution >= 0.6 is 27.3 Å². The quantitative estimate of drug-likeness (QED) is 0.910. The Morgan fingerprint density at radius 2 is 2.06 bits per heavy atom. The van der Waals surface area contributed by atoms with Gasteiger partial charge in [-0.05, 0) is 33.4 Å². The molecule has 5 heteroatoms. The first-order valence-corrected chi connectivity index (χ1v) is 6.08. The van der Waals surface area contributed by atoms with E-state index in [0.717, 1.165) is 16.1 Å². The van der Waals surface area contributed by atoms with E-state index in [1.54, 1.807) is 0 Å². The molecule has 16 heavy (non-hydrogen) atoms. The minimum Gasteiger partial charge on any atom is -0.478 e. The molecule has 0 saturated carbocycles. The van der Waals surface area contributed by atoms with Crippen LogP contribution in [0.15, 0.2) is 33.4 Å². The molecule has 0 atom stereocenters. The molecule has 1 aromatic carbocycles. The van der Waals surface area contributed by atoms with Gasteiger partial charge in [-0.1, -0.05) is 6.07 Å². The van der Waals surface area contributed by atoms with E-state index in [0.29, 0.717) is 5.56 Å². The Hall–Kier alpha value is -1.20. The summed E-state index contributed by atoms with van der Waals surface area (Å²) in [4.78, 5) is 10.6. The maximum Gasteiger partial charge on any atom is 0.335 e. The van der Waals surface area contributed by atoms with Gasteiger partial charge in [-0.3, -0.25) is 0 Å². The Labute approximate surface area is 103 Å². The molecule has 2 rings (SSSR count). The Morgan fingerprint density at radius 3 is 2.56 bits per heavy atom. The van der Waals surface area contributed by atoms with Crippen molar-refractivity contribution in [2.24, 2.45) is 0 Å². The number of thiophene rings is 1. The number of hydrogen-bond donors (Lipinski definition) is 1. The molecule has 0 radical (unpaired) electrons. The standard InChI is InChI=1S/C11H6BrFO2S/c12-9-5-16-4-8(9)7-2-1-6(11(14)15)3-10(7)13/h1-5H,(H,14,15). The van der Waals surface area contributed by atoms with E-state index in [2.05, 4.69) is 15.9 Å². The number of rotatable bonds is 2. The van der Waals surface area contributed by atoms with E-state index in [4.69, 9.17) is 5.11 Å². The largest absolute Gasteiger partial charge is 0.478 e. The smallest absolute Gasteiger partial charge is 0.335 e. The van der Waals surface area contributed by atoms with Crippen molar-refractivity contribution in [1.82, 2.24) is 0 Å². The highest BCUT2D eigenvalue weighted by molar-refractivity contribution is 9.10. The Balaban J connectivity index is 2.52. The molecular formula is C11H6BrFO2S. The molecule has 0 aliphatic rings. The average molecular weight is 301 g/mol. The van der Waals surface area contributed by atoms with Gasteiger partial charge in [0.15, 0.2) is 0 Å². The lowest BCUT2D eigenvalue weighted by Crippen LogP contribution is -1.97. The second-order valence-corrected chi connectivity index (χ2v) is 4.73. The summed E-state index contributed by atoms with van der Waals surface area (Å²) in [5, 5.41) is 12.4. The van der Waals surface area contributed by atoms with Crippen molar-refractivity contribution >= 4 is 33.2 Å². The topological polar surface area (TPSA) is 37.3 Å². The lowest BCUT2D eigenvalue weighted by atomic mass is 10.1. The molecule has 0 fully saturated rings. The predicted octanol–water partition coefficient (Wildman–Crippen LogP) is 4.01. The van der Waals surface area contributed by atoms with E-state index in [1.807, 2.05) is 10.8 Å². The highest BCUT2D eigenvalue weighted by Crippen LogP contribution is 2.33. The van der Waals surface area contributed by atoms with Crippen LogP contribution in [0.3, 0.4) is 0 Å². The van der Waals surface area contributed by atoms with E-state index in [-0.39, 0.29) is 5.56 Å². The van der Waals surface area contributed by atoms with Gasteiger partial charge in [0.1, 0.15) is 5.82 Å². The van der Waals surface area contributed by atoms with E-state index in [1.165, 1.54) is 23.5 Å². The number of carboxylic acid groups (broad SMARTS) is 1. The fraction of sp³-hybridized carbons (Fsp3) is 0. The first-order chi connectivity index (χ1) is 7.59. The van der Waals surface area contributed by atoms with Crippen LogP contribution in [0, 0.1) is 5.82 Å². The molecule has 0 saturated heterocycles. The summed E-state index contributed by atoms with van der Waals surface area (Å²) in [7, 11) is 0. The summed E-state index contributed by atoms with van der Waals surface area (Å²) in [6, 6.07) is 3.90. The third-order valence-electron chi connectivity index (χ3n) is 2.12. The molecule has 2 aromatic rings. The fourth-order valence-corrected chi connectivity index (χ4v) is 2.85. The van der Waals surface area contributed by atoms with Crippen molar-refractivity contribution < 1.29 is 14.3 Å². The fourth-order valence-electron chi connectivity index (χ4n) is 1.34. The number of halogens is 2. The maximum absolute atomic E-state index is 13.7. The molecule has 82 valence electrons. The second kappa shape index (κ2) is 4.35. The highest BCUT2D eigenvalue weighted by Gasteiger charge is 2.12.